The van der Waals surface area contributed by atoms with Gasteiger partial charge in [0.15, 0.2) is 11.5 Å². The van der Waals surface area contributed by atoms with Crippen molar-refractivity contribution >= 4 is 0 Å². The third kappa shape index (κ3) is 4.25. The van der Waals surface area contributed by atoms with Gasteiger partial charge in [-0.2, -0.15) is 0 Å². The Morgan fingerprint density at radius 3 is 2.58 bits per heavy atom. The molecule has 1 spiro atoms. The van der Waals surface area contributed by atoms with Gasteiger partial charge >= 0.3 is 0 Å². The van der Waals surface area contributed by atoms with E-state index in [9.17, 15) is 10.2 Å². The van der Waals surface area contributed by atoms with Crippen molar-refractivity contribution in [2.24, 2.45) is 0 Å². The van der Waals surface area contributed by atoms with Crippen LogP contribution in [-0.2, 0) is 0 Å². The maximum atomic E-state index is 10.8. The molecule has 2 aromatic rings. The first kappa shape index (κ1) is 20.6. The number of rotatable bonds is 3. The summed E-state index contributed by atoms with van der Waals surface area (Å²) in [7, 11) is 0. The summed E-state index contributed by atoms with van der Waals surface area (Å²) in [5.74, 6) is 2.27. The van der Waals surface area contributed by atoms with E-state index in [1.54, 1.807) is 0 Å². The first-order valence-electron chi connectivity index (χ1n) is 11.3. The molecule has 0 aliphatic carbocycles. The standard InChI is InChI=1S/C25H31NO5/c1-17-3-5-22-19(13-17)20(27)15-25(31-22)7-9-26(10-8-25)16-21(28)18-4-6-23-24(14-18)30-12-2-11-29-23/h3-6,13-14,20-21,27-28H,2,7-12,15-16H2,1H3/t20-,21+/m0/s1. The second-order valence-electron chi connectivity index (χ2n) is 9.12. The molecule has 0 amide bonds. The topological polar surface area (TPSA) is 71.4 Å². The Balaban J connectivity index is 1.21. The van der Waals surface area contributed by atoms with Crippen LogP contribution in [0.5, 0.6) is 17.2 Å². The zero-order valence-electron chi connectivity index (χ0n) is 18.0. The van der Waals surface area contributed by atoms with Crippen molar-refractivity contribution in [3.8, 4) is 17.2 Å². The van der Waals surface area contributed by atoms with Gasteiger partial charge in [-0.1, -0.05) is 17.7 Å². The summed E-state index contributed by atoms with van der Waals surface area (Å²) in [6.45, 7) is 5.55. The minimum atomic E-state index is -0.590. The monoisotopic (exact) mass is 425 g/mol. The second kappa shape index (κ2) is 8.34. The van der Waals surface area contributed by atoms with Crippen LogP contribution in [0.25, 0.3) is 0 Å². The lowest BCUT2D eigenvalue weighted by atomic mass is 9.81. The van der Waals surface area contributed by atoms with Crippen molar-refractivity contribution in [1.29, 1.82) is 0 Å². The van der Waals surface area contributed by atoms with Crippen molar-refractivity contribution in [2.75, 3.05) is 32.8 Å². The Hall–Kier alpha value is -2.28. The van der Waals surface area contributed by atoms with Gasteiger partial charge in [0.2, 0.25) is 0 Å². The third-order valence-electron chi connectivity index (χ3n) is 6.77. The molecule has 0 unspecified atom stereocenters. The van der Waals surface area contributed by atoms with Gasteiger partial charge in [-0.3, -0.25) is 0 Å². The maximum Gasteiger partial charge on any atom is 0.161 e. The van der Waals surface area contributed by atoms with Crippen LogP contribution in [0.15, 0.2) is 36.4 Å². The van der Waals surface area contributed by atoms with Gasteiger partial charge in [0.05, 0.1) is 25.4 Å². The van der Waals surface area contributed by atoms with E-state index in [-0.39, 0.29) is 5.60 Å². The Morgan fingerprint density at radius 1 is 1.03 bits per heavy atom. The van der Waals surface area contributed by atoms with Crippen LogP contribution in [0, 0.1) is 6.92 Å². The molecule has 1 fully saturated rings. The number of aliphatic hydroxyl groups is 2. The van der Waals surface area contributed by atoms with Crippen molar-refractivity contribution in [3.63, 3.8) is 0 Å². The number of piperidine rings is 1. The predicted molar refractivity (Wildman–Crippen MR) is 117 cm³/mol. The smallest absolute Gasteiger partial charge is 0.161 e. The van der Waals surface area contributed by atoms with Crippen LogP contribution in [0.4, 0.5) is 0 Å². The van der Waals surface area contributed by atoms with Crippen molar-refractivity contribution in [2.45, 2.75) is 50.4 Å². The van der Waals surface area contributed by atoms with E-state index in [2.05, 4.69) is 4.90 Å². The van der Waals surface area contributed by atoms with Crippen LogP contribution < -0.4 is 14.2 Å². The van der Waals surface area contributed by atoms with E-state index in [1.165, 1.54) is 0 Å². The molecule has 0 aromatic heterocycles. The molecule has 3 aliphatic heterocycles. The number of hydrogen-bond acceptors (Lipinski definition) is 6. The van der Waals surface area contributed by atoms with Crippen molar-refractivity contribution < 1.29 is 24.4 Å². The summed E-state index contributed by atoms with van der Waals surface area (Å²) >= 11 is 0. The Labute approximate surface area is 183 Å². The average Bonchev–Trinajstić information content (AvgIpc) is 3.01. The highest BCUT2D eigenvalue weighted by Crippen LogP contribution is 2.44. The number of aliphatic hydroxyl groups excluding tert-OH is 2. The third-order valence-corrected chi connectivity index (χ3v) is 6.77. The minimum Gasteiger partial charge on any atom is -0.490 e. The highest BCUT2D eigenvalue weighted by atomic mass is 16.5. The number of β-amino-alcohol motifs (C(OH)–C–C–N with tert-alkyl or cyclic N) is 1. The summed E-state index contributed by atoms with van der Waals surface area (Å²) < 4.78 is 17.9. The molecule has 6 nitrogen and oxygen atoms in total. The fraction of sp³-hybridized carbons (Fsp3) is 0.520. The zero-order valence-corrected chi connectivity index (χ0v) is 18.0. The molecule has 3 aliphatic rings. The molecule has 2 atom stereocenters. The highest BCUT2D eigenvalue weighted by Gasteiger charge is 2.43. The van der Waals surface area contributed by atoms with E-state index < -0.39 is 12.2 Å². The van der Waals surface area contributed by atoms with E-state index >= 15 is 0 Å². The number of likely N-dealkylation sites (tertiary alicyclic amines) is 1. The van der Waals surface area contributed by atoms with Crippen LogP contribution in [0.3, 0.4) is 0 Å². The van der Waals surface area contributed by atoms with Crippen LogP contribution in [0.2, 0.25) is 0 Å². The normalized spacial score (nSPS) is 23.5. The van der Waals surface area contributed by atoms with Gasteiger partial charge in [0.1, 0.15) is 11.4 Å². The SMILES string of the molecule is Cc1ccc2c(c1)[C@@H](O)CC1(CCN(C[C@@H](O)c3ccc4c(c3)OCCCO4)CC1)O2. The molecule has 5 rings (SSSR count). The van der Waals surface area contributed by atoms with E-state index in [1.807, 2.05) is 43.3 Å². The van der Waals surface area contributed by atoms with E-state index in [0.29, 0.717) is 31.9 Å². The Morgan fingerprint density at radius 2 is 1.77 bits per heavy atom. The number of aryl methyl sites for hydroxylation is 1. The molecule has 166 valence electrons. The van der Waals surface area contributed by atoms with Crippen molar-refractivity contribution in [1.82, 2.24) is 4.90 Å². The molecule has 3 heterocycles. The largest absolute Gasteiger partial charge is 0.490 e. The van der Waals surface area contributed by atoms with Gasteiger partial charge in [-0.15, -0.1) is 0 Å². The second-order valence-corrected chi connectivity index (χ2v) is 9.12. The fourth-order valence-corrected chi connectivity index (χ4v) is 4.94. The van der Waals surface area contributed by atoms with Gasteiger partial charge in [0, 0.05) is 38.0 Å². The summed E-state index contributed by atoms with van der Waals surface area (Å²) in [6, 6.07) is 11.7. The first-order chi connectivity index (χ1) is 15.0. The Kier molecular flexibility index (Phi) is 5.54. The molecular formula is C25H31NO5. The highest BCUT2D eigenvalue weighted by molar-refractivity contribution is 5.44. The predicted octanol–water partition coefficient (Wildman–Crippen LogP) is 3.54. The van der Waals surface area contributed by atoms with Gasteiger partial charge in [-0.25, -0.2) is 0 Å². The quantitative estimate of drug-likeness (QED) is 0.784. The van der Waals surface area contributed by atoms with E-state index in [4.69, 9.17) is 14.2 Å². The summed E-state index contributed by atoms with van der Waals surface area (Å²) in [5.41, 5.74) is 2.56. The lowest BCUT2D eigenvalue weighted by Crippen LogP contribution is -2.51. The number of ether oxygens (including phenoxy) is 3. The molecule has 0 bridgehead atoms. The van der Waals surface area contributed by atoms with Gasteiger partial charge in [0.25, 0.3) is 0 Å². The lowest BCUT2D eigenvalue weighted by molar-refractivity contribution is -0.0588. The average molecular weight is 426 g/mol. The molecule has 0 radical (unpaired) electrons. The lowest BCUT2D eigenvalue weighted by Gasteiger charge is -2.46. The molecule has 2 aromatic carbocycles. The fourth-order valence-electron chi connectivity index (χ4n) is 4.94. The number of nitrogens with zero attached hydrogens (tertiary/aromatic N) is 1. The minimum absolute atomic E-state index is 0.321. The first-order valence-corrected chi connectivity index (χ1v) is 11.3. The zero-order chi connectivity index (χ0) is 21.4. The number of benzene rings is 2. The van der Waals surface area contributed by atoms with Crippen molar-refractivity contribution in [3.05, 3.63) is 53.1 Å². The molecule has 6 heteroatoms. The summed E-state index contributed by atoms with van der Waals surface area (Å²) in [6.07, 6.45) is 2.09. The molecule has 2 N–H and O–H groups in total. The molecule has 1 saturated heterocycles. The summed E-state index contributed by atoms with van der Waals surface area (Å²) in [4.78, 5) is 2.28. The number of fused-ring (bicyclic) bond motifs is 2. The Bertz CT molecular complexity index is 938. The molecule has 31 heavy (non-hydrogen) atoms. The van der Waals surface area contributed by atoms with Crippen LogP contribution >= 0.6 is 0 Å². The summed E-state index contributed by atoms with van der Waals surface area (Å²) in [5, 5.41) is 21.6. The van der Waals surface area contributed by atoms with Crippen LogP contribution in [0.1, 0.15) is 54.6 Å². The van der Waals surface area contributed by atoms with Crippen LogP contribution in [-0.4, -0.2) is 53.6 Å². The van der Waals surface area contributed by atoms with E-state index in [0.717, 1.165) is 60.5 Å². The van der Waals surface area contributed by atoms with Gasteiger partial charge in [-0.05, 0) is 49.6 Å². The van der Waals surface area contributed by atoms with Gasteiger partial charge < -0.3 is 29.3 Å². The molecule has 0 saturated carbocycles. The maximum absolute atomic E-state index is 10.8. The molecular weight excluding hydrogens is 394 g/mol. The number of hydrogen-bond donors (Lipinski definition) is 2.